The minimum absolute atomic E-state index is 0.0625. The molecule has 5 atom stereocenters. The second kappa shape index (κ2) is 69.0. The largest absolute Gasteiger partial charge is 0.472 e. The number of hydrogen-bond donors (Lipinski definition) is 3. The Hall–Kier alpha value is -4.54. The summed E-state index contributed by atoms with van der Waals surface area (Å²) in [6.45, 7) is 4.43. The molecular formula is C77H130O17P2. The molecule has 0 aliphatic heterocycles. The molecule has 96 heavy (non-hydrogen) atoms. The molecule has 0 aromatic heterocycles. The van der Waals surface area contributed by atoms with Gasteiger partial charge in [-0.25, -0.2) is 9.13 Å². The molecule has 0 aliphatic carbocycles. The average Bonchev–Trinajstić information content (AvgIpc) is 1.11. The van der Waals surface area contributed by atoms with Gasteiger partial charge in [0.1, 0.15) is 19.3 Å². The summed E-state index contributed by atoms with van der Waals surface area (Å²) in [7, 11) is -9.98. The lowest BCUT2D eigenvalue weighted by atomic mass is 10.1. The van der Waals surface area contributed by atoms with Crippen LogP contribution in [0, 0.1) is 0 Å². The fraction of sp³-hybridized carbons (Fsp3) is 0.688. The van der Waals surface area contributed by atoms with E-state index in [9.17, 15) is 43.2 Å². The van der Waals surface area contributed by atoms with Crippen molar-refractivity contribution in [2.45, 2.75) is 303 Å². The van der Waals surface area contributed by atoms with Crippen molar-refractivity contribution in [1.29, 1.82) is 0 Å². The molecule has 0 radical (unpaired) electrons. The molecule has 0 amide bonds. The zero-order valence-electron chi connectivity index (χ0n) is 59.8. The molecule has 0 saturated carbocycles. The van der Waals surface area contributed by atoms with Gasteiger partial charge in [-0.1, -0.05) is 252 Å². The third-order valence-electron chi connectivity index (χ3n) is 14.9. The van der Waals surface area contributed by atoms with Crippen molar-refractivity contribution >= 4 is 39.5 Å². The second-order valence-corrected chi connectivity index (χ2v) is 27.0. The Bertz CT molecular complexity index is 2300. The summed E-state index contributed by atoms with van der Waals surface area (Å²) in [5.41, 5.74) is 0. The lowest BCUT2D eigenvalue weighted by Crippen LogP contribution is -2.30. The Morgan fingerprint density at radius 2 is 0.594 bits per heavy atom. The highest BCUT2D eigenvalue weighted by Gasteiger charge is 2.30. The molecule has 550 valence electrons. The first kappa shape index (κ1) is 91.5. The van der Waals surface area contributed by atoms with Gasteiger partial charge in [0.2, 0.25) is 0 Å². The minimum Gasteiger partial charge on any atom is -0.462 e. The zero-order chi connectivity index (χ0) is 70.4. The third kappa shape index (κ3) is 68.0. The van der Waals surface area contributed by atoms with Gasteiger partial charge >= 0.3 is 39.5 Å². The van der Waals surface area contributed by atoms with Gasteiger partial charge < -0.3 is 33.8 Å². The summed E-state index contributed by atoms with van der Waals surface area (Å²) >= 11 is 0. The first-order valence-corrected chi connectivity index (χ1v) is 39.8. The lowest BCUT2D eigenvalue weighted by molar-refractivity contribution is -0.161. The Balaban J connectivity index is 5.41. The van der Waals surface area contributed by atoms with E-state index >= 15 is 0 Å². The van der Waals surface area contributed by atoms with Crippen molar-refractivity contribution in [3.8, 4) is 0 Å². The quantitative estimate of drug-likeness (QED) is 0.0169. The van der Waals surface area contributed by atoms with Crippen LogP contribution in [0.5, 0.6) is 0 Å². The number of rotatable bonds is 68. The number of carbonyl (C=O) groups is 4. The van der Waals surface area contributed by atoms with Crippen LogP contribution in [-0.4, -0.2) is 96.7 Å². The average molecular weight is 1390 g/mol. The SMILES string of the molecule is CC/C=C\C/C=C\C/C=C\C/C=C\C/C=C\CC(=O)OCC(COP(=O)(O)OCC(O)COP(=O)(O)OCC(COC(=O)CCCCCCC/C=C\C/C=C\C/C=C\CC)OC(=O)CCCCCCC/C=C\CCCCCCCC)OC(=O)CCCCCCC/C=C\CCCC. The number of aliphatic hydroxyl groups is 1. The standard InChI is InChI=1S/C77H130O17P2/c1-5-9-13-17-21-25-29-32-35-38-42-45-49-53-57-61-74(79)87-67-72(93-76(81)63-59-55-51-47-41-28-24-20-16-12-8-4)69-91-95(83,84)89-65-71(78)66-90-96(85,86)92-70-73(94-77(82)64-60-56-52-48-44-40-37-34-31-27-23-19-15-11-7-3)68-88-75(80)62-58-54-50-46-43-39-36-33-30-26-22-18-14-10-6-2/h9-10,13-14,20-22,24-26,32-37,42,45,53,57,71-73,78H,5-8,11-12,15-19,23,27-31,38-41,43-44,46-52,54-56,58-70H2,1-4H3,(H,83,84)(H,85,86)/b13-9-,14-10-,24-20-,25-21-,26-22-,35-32-,36-33-,37-34-,45-42-,57-53-. The highest BCUT2D eigenvalue weighted by Crippen LogP contribution is 2.45. The number of unbranched alkanes of at least 4 members (excludes halogenated alkanes) is 23. The molecule has 0 rings (SSSR count). The number of phosphoric ester groups is 2. The third-order valence-corrected chi connectivity index (χ3v) is 16.8. The molecular weight excluding hydrogens is 1260 g/mol. The predicted molar refractivity (Wildman–Crippen MR) is 390 cm³/mol. The van der Waals surface area contributed by atoms with Crippen molar-refractivity contribution in [3.63, 3.8) is 0 Å². The number of phosphoric acid groups is 2. The molecule has 0 saturated heterocycles. The number of hydrogen-bond acceptors (Lipinski definition) is 15. The van der Waals surface area contributed by atoms with Gasteiger partial charge in [-0.15, -0.1) is 0 Å². The molecule has 0 aromatic rings. The van der Waals surface area contributed by atoms with Gasteiger partial charge in [-0.2, -0.15) is 0 Å². The molecule has 0 aromatic carbocycles. The summed E-state index contributed by atoms with van der Waals surface area (Å²) in [6, 6.07) is 0. The van der Waals surface area contributed by atoms with Crippen molar-refractivity contribution in [2.75, 3.05) is 39.6 Å². The smallest absolute Gasteiger partial charge is 0.462 e. The highest BCUT2D eigenvalue weighted by molar-refractivity contribution is 7.47. The molecule has 0 bridgehead atoms. The van der Waals surface area contributed by atoms with Crippen LogP contribution in [0.4, 0.5) is 0 Å². The summed E-state index contributed by atoms with van der Waals surface area (Å²) in [5, 5.41) is 10.6. The van der Waals surface area contributed by atoms with Gasteiger partial charge in [-0.3, -0.25) is 37.3 Å². The Morgan fingerprint density at radius 1 is 0.312 bits per heavy atom. The van der Waals surface area contributed by atoms with Crippen LogP contribution in [-0.2, 0) is 65.4 Å². The fourth-order valence-electron chi connectivity index (χ4n) is 9.34. The van der Waals surface area contributed by atoms with E-state index in [0.29, 0.717) is 25.7 Å². The van der Waals surface area contributed by atoms with E-state index in [0.717, 1.165) is 154 Å². The van der Waals surface area contributed by atoms with E-state index in [2.05, 4.69) is 125 Å². The zero-order valence-corrected chi connectivity index (χ0v) is 61.5. The fourth-order valence-corrected chi connectivity index (χ4v) is 10.9. The van der Waals surface area contributed by atoms with E-state index in [1.165, 1.54) is 51.4 Å². The van der Waals surface area contributed by atoms with E-state index in [4.69, 9.17) is 37.0 Å². The van der Waals surface area contributed by atoms with Crippen LogP contribution in [0.25, 0.3) is 0 Å². The normalized spacial score (nSPS) is 14.7. The van der Waals surface area contributed by atoms with E-state index < -0.39 is 97.5 Å². The van der Waals surface area contributed by atoms with Crippen LogP contribution >= 0.6 is 15.6 Å². The summed E-state index contributed by atoms with van der Waals surface area (Å²) in [6.07, 6.45) is 73.8. The van der Waals surface area contributed by atoms with Crippen molar-refractivity contribution < 1.29 is 80.2 Å². The molecule has 0 spiro atoms. The van der Waals surface area contributed by atoms with Crippen LogP contribution in [0.1, 0.15) is 285 Å². The molecule has 5 unspecified atom stereocenters. The maximum Gasteiger partial charge on any atom is 0.472 e. The summed E-state index contributed by atoms with van der Waals surface area (Å²) in [4.78, 5) is 72.6. The van der Waals surface area contributed by atoms with Gasteiger partial charge in [0, 0.05) is 19.3 Å². The number of aliphatic hydroxyl groups excluding tert-OH is 1. The Morgan fingerprint density at radius 3 is 0.969 bits per heavy atom. The number of carbonyl (C=O) groups excluding carboxylic acids is 4. The lowest BCUT2D eigenvalue weighted by Gasteiger charge is -2.21. The Labute approximate surface area is 581 Å². The summed E-state index contributed by atoms with van der Waals surface area (Å²) in [5.74, 6) is -2.36. The van der Waals surface area contributed by atoms with Gasteiger partial charge in [0.25, 0.3) is 0 Å². The maximum absolute atomic E-state index is 13.1. The first-order valence-electron chi connectivity index (χ1n) is 36.8. The van der Waals surface area contributed by atoms with Crippen molar-refractivity contribution in [3.05, 3.63) is 122 Å². The van der Waals surface area contributed by atoms with Crippen molar-refractivity contribution in [2.24, 2.45) is 0 Å². The van der Waals surface area contributed by atoms with Crippen LogP contribution in [0.3, 0.4) is 0 Å². The molecule has 19 heteroatoms. The highest BCUT2D eigenvalue weighted by atomic mass is 31.2. The number of ether oxygens (including phenoxy) is 4. The van der Waals surface area contributed by atoms with Gasteiger partial charge in [-0.05, 0) is 128 Å². The first-order chi connectivity index (χ1) is 46.7. The second-order valence-electron chi connectivity index (χ2n) is 24.1. The van der Waals surface area contributed by atoms with Crippen LogP contribution < -0.4 is 0 Å². The number of allylic oxidation sites excluding steroid dienone is 19. The number of esters is 4. The van der Waals surface area contributed by atoms with Gasteiger partial charge in [0.15, 0.2) is 12.2 Å². The topological polar surface area (TPSA) is 237 Å². The van der Waals surface area contributed by atoms with E-state index in [1.807, 2.05) is 18.2 Å². The van der Waals surface area contributed by atoms with Crippen LogP contribution in [0.2, 0.25) is 0 Å². The van der Waals surface area contributed by atoms with Crippen LogP contribution in [0.15, 0.2) is 122 Å². The molecule has 0 fully saturated rings. The monoisotopic (exact) mass is 1390 g/mol. The minimum atomic E-state index is -4.99. The predicted octanol–water partition coefficient (Wildman–Crippen LogP) is 20.8. The maximum atomic E-state index is 13.1. The molecule has 17 nitrogen and oxygen atoms in total. The van der Waals surface area contributed by atoms with E-state index in [1.54, 1.807) is 6.08 Å². The van der Waals surface area contributed by atoms with Crippen molar-refractivity contribution in [1.82, 2.24) is 0 Å². The Kier molecular flexibility index (Phi) is 65.7. The van der Waals surface area contributed by atoms with E-state index in [-0.39, 0.29) is 25.7 Å². The van der Waals surface area contributed by atoms with Gasteiger partial charge in [0.05, 0.1) is 32.8 Å². The molecule has 0 aliphatic rings. The molecule has 3 N–H and O–H groups in total. The molecule has 0 heterocycles. The summed E-state index contributed by atoms with van der Waals surface area (Å²) < 4.78 is 68.2.